The monoisotopic (exact) mass is 308 g/mol. The molecule has 23 heavy (non-hydrogen) atoms. The van der Waals surface area contributed by atoms with Gasteiger partial charge in [-0.05, 0) is 32.7 Å². The van der Waals surface area contributed by atoms with E-state index >= 15 is 0 Å². The number of hydrogen-bond donors (Lipinski definition) is 0. The Labute approximate surface area is 138 Å². The summed E-state index contributed by atoms with van der Waals surface area (Å²) in [4.78, 5) is 14.7. The lowest BCUT2D eigenvalue weighted by molar-refractivity contribution is 0.311. The van der Waals surface area contributed by atoms with E-state index in [-0.39, 0.29) is 0 Å². The lowest BCUT2D eigenvalue weighted by Crippen LogP contribution is -2.45. The number of anilines is 1. The molecule has 120 valence electrons. The molecule has 0 atom stereocenters. The minimum Gasteiger partial charge on any atom is -0.338 e. The van der Waals surface area contributed by atoms with E-state index in [1.807, 2.05) is 0 Å². The summed E-state index contributed by atoms with van der Waals surface area (Å²) in [6.07, 6.45) is 4.71. The molecule has 0 amide bonds. The van der Waals surface area contributed by atoms with Crippen LogP contribution in [0.1, 0.15) is 24.1 Å². The van der Waals surface area contributed by atoms with Crippen molar-refractivity contribution in [2.75, 3.05) is 38.1 Å². The molecule has 1 fully saturated rings. The fourth-order valence-corrected chi connectivity index (χ4v) is 3.56. The number of likely N-dealkylation sites (N-methyl/N-ethyl adjacent to an activating group) is 1. The zero-order valence-corrected chi connectivity index (χ0v) is 13.8. The summed E-state index contributed by atoms with van der Waals surface area (Å²) < 4.78 is 0. The molecule has 1 saturated heterocycles. The second-order valence-electron chi connectivity index (χ2n) is 6.66. The van der Waals surface area contributed by atoms with Gasteiger partial charge in [-0.25, -0.2) is 9.97 Å². The molecule has 1 aromatic heterocycles. The van der Waals surface area contributed by atoms with Crippen molar-refractivity contribution in [1.82, 2.24) is 14.9 Å². The van der Waals surface area contributed by atoms with Crippen molar-refractivity contribution in [3.05, 3.63) is 41.6 Å². The van der Waals surface area contributed by atoms with Crippen LogP contribution in [0.3, 0.4) is 0 Å². The van der Waals surface area contributed by atoms with Crippen LogP contribution < -0.4 is 4.90 Å². The Morgan fingerprint density at radius 3 is 2.39 bits per heavy atom. The van der Waals surface area contributed by atoms with Crippen molar-refractivity contribution >= 4 is 5.95 Å². The predicted molar refractivity (Wildman–Crippen MR) is 93.8 cm³/mol. The SMILES string of the molecule is CN1CCN(c2nc3c(c(-c4ccccc4)n2)CCCC3)CC1. The number of aryl methyl sites for hydroxylation is 1. The molecule has 0 unspecified atom stereocenters. The fourth-order valence-electron chi connectivity index (χ4n) is 3.56. The van der Waals surface area contributed by atoms with Gasteiger partial charge in [0.15, 0.2) is 0 Å². The Bertz CT molecular complexity index is 675. The largest absolute Gasteiger partial charge is 0.338 e. The summed E-state index contributed by atoms with van der Waals surface area (Å²) in [5.74, 6) is 0.928. The lowest BCUT2D eigenvalue weighted by atomic mass is 9.92. The van der Waals surface area contributed by atoms with Crippen LogP contribution in [0.4, 0.5) is 5.95 Å². The Morgan fingerprint density at radius 1 is 0.870 bits per heavy atom. The quantitative estimate of drug-likeness (QED) is 0.854. The third-order valence-electron chi connectivity index (χ3n) is 5.00. The molecule has 1 aromatic carbocycles. The highest BCUT2D eigenvalue weighted by Gasteiger charge is 2.22. The maximum atomic E-state index is 5.00. The number of benzene rings is 1. The van der Waals surface area contributed by atoms with Crippen molar-refractivity contribution < 1.29 is 0 Å². The molecule has 0 spiro atoms. The van der Waals surface area contributed by atoms with Gasteiger partial charge >= 0.3 is 0 Å². The van der Waals surface area contributed by atoms with Gasteiger partial charge in [-0.3, -0.25) is 0 Å². The molecule has 1 aliphatic heterocycles. The van der Waals surface area contributed by atoms with Gasteiger partial charge in [0.1, 0.15) is 0 Å². The maximum Gasteiger partial charge on any atom is 0.226 e. The van der Waals surface area contributed by atoms with E-state index in [0.29, 0.717) is 0 Å². The molecule has 0 radical (unpaired) electrons. The smallest absolute Gasteiger partial charge is 0.226 e. The van der Waals surface area contributed by atoms with Gasteiger partial charge in [-0.2, -0.15) is 0 Å². The van der Waals surface area contributed by atoms with E-state index in [9.17, 15) is 0 Å². The summed E-state index contributed by atoms with van der Waals surface area (Å²) in [5.41, 5.74) is 5.03. The number of rotatable bonds is 2. The van der Waals surface area contributed by atoms with E-state index in [2.05, 4.69) is 47.2 Å². The molecule has 2 heterocycles. The molecule has 0 saturated carbocycles. The third-order valence-corrected chi connectivity index (χ3v) is 5.00. The van der Waals surface area contributed by atoms with Crippen LogP contribution in [-0.4, -0.2) is 48.1 Å². The van der Waals surface area contributed by atoms with Gasteiger partial charge in [0.25, 0.3) is 0 Å². The van der Waals surface area contributed by atoms with Gasteiger partial charge < -0.3 is 9.80 Å². The third kappa shape index (κ3) is 2.95. The van der Waals surface area contributed by atoms with Crippen molar-refractivity contribution in [3.63, 3.8) is 0 Å². The first-order chi connectivity index (χ1) is 11.3. The Kier molecular flexibility index (Phi) is 4.00. The average molecular weight is 308 g/mol. The Hall–Kier alpha value is -1.94. The van der Waals surface area contributed by atoms with Gasteiger partial charge in [-0.1, -0.05) is 30.3 Å². The van der Waals surface area contributed by atoms with Crippen LogP contribution in [0, 0.1) is 0 Å². The van der Waals surface area contributed by atoms with Crippen LogP contribution in [-0.2, 0) is 12.8 Å². The molecular formula is C19H24N4. The van der Waals surface area contributed by atoms with Crippen LogP contribution in [0.5, 0.6) is 0 Å². The molecule has 1 aliphatic carbocycles. The van der Waals surface area contributed by atoms with Crippen molar-refractivity contribution in [2.24, 2.45) is 0 Å². The van der Waals surface area contributed by atoms with E-state index in [1.54, 1.807) is 0 Å². The maximum absolute atomic E-state index is 5.00. The van der Waals surface area contributed by atoms with Crippen LogP contribution in [0.15, 0.2) is 30.3 Å². The molecule has 0 N–H and O–H groups in total. The molecule has 2 aliphatic rings. The number of hydrogen-bond acceptors (Lipinski definition) is 4. The fraction of sp³-hybridized carbons (Fsp3) is 0.474. The Morgan fingerprint density at radius 2 is 1.61 bits per heavy atom. The summed E-state index contributed by atoms with van der Waals surface area (Å²) >= 11 is 0. The van der Waals surface area contributed by atoms with Crippen LogP contribution in [0.25, 0.3) is 11.3 Å². The van der Waals surface area contributed by atoms with E-state index in [4.69, 9.17) is 9.97 Å². The summed E-state index contributed by atoms with van der Waals surface area (Å²) in [7, 11) is 2.18. The number of aromatic nitrogens is 2. The van der Waals surface area contributed by atoms with Gasteiger partial charge in [-0.15, -0.1) is 0 Å². The standard InChI is InChI=1S/C19H24N4/c1-22-11-13-23(14-12-22)19-20-17-10-6-5-9-16(17)18(21-19)15-7-3-2-4-8-15/h2-4,7-8H,5-6,9-14H2,1H3. The van der Waals surface area contributed by atoms with Gasteiger partial charge in [0, 0.05) is 43.0 Å². The van der Waals surface area contributed by atoms with E-state index < -0.39 is 0 Å². The summed E-state index contributed by atoms with van der Waals surface area (Å²) in [6, 6.07) is 10.6. The molecular weight excluding hydrogens is 284 g/mol. The van der Waals surface area contributed by atoms with Crippen LogP contribution >= 0.6 is 0 Å². The first-order valence-electron chi connectivity index (χ1n) is 8.70. The first kappa shape index (κ1) is 14.6. The summed E-state index contributed by atoms with van der Waals surface area (Å²) in [5, 5.41) is 0. The molecule has 0 bridgehead atoms. The van der Waals surface area contributed by atoms with Crippen molar-refractivity contribution in [1.29, 1.82) is 0 Å². The van der Waals surface area contributed by atoms with Gasteiger partial charge in [0.05, 0.1) is 5.69 Å². The van der Waals surface area contributed by atoms with Crippen molar-refractivity contribution in [3.8, 4) is 11.3 Å². The highest BCUT2D eigenvalue weighted by Crippen LogP contribution is 2.31. The predicted octanol–water partition coefficient (Wildman–Crippen LogP) is 2.77. The summed E-state index contributed by atoms with van der Waals surface area (Å²) in [6.45, 7) is 4.20. The van der Waals surface area contributed by atoms with E-state index in [1.165, 1.54) is 29.7 Å². The Balaban J connectivity index is 1.76. The highest BCUT2D eigenvalue weighted by molar-refractivity contribution is 5.66. The minimum atomic E-state index is 0.928. The number of piperazine rings is 1. The number of fused-ring (bicyclic) bond motifs is 1. The van der Waals surface area contributed by atoms with Gasteiger partial charge in [0.2, 0.25) is 5.95 Å². The second-order valence-corrected chi connectivity index (χ2v) is 6.66. The first-order valence-corrected chi connectivity index (χ1v) is 8.70. The average Bonchev–Trinajstić information content (AvgIpc) is 2.62. The molecule has 2 aromatic rings. The van der Waals surface area contributed by atoms with E-state index in [0.717, 1.165) is 50.7 Å². The second kappa shape index (κ2) is 6.28. The van der Waals surface area contributed by atoms with Crippen molar-refractivity contribution in [2.45, 2.75) is 25.7 Å². The minimum absolute atomic E-state index is 0.928. The van der Waals surface area contributed by atoms with Crippen LogP contribution in [0.2, 0.25) is 0 Å². The highest BCUT2D eigenvalue weighted by atomic mass is 15.3. The zero-order chi connectivity index (χ0) is 15.6. The topological polar surface area (TPSA) is 32.3 Å². The lowest BCUT2D eigenvalue weighted by Gasteiger charge is -2.33. The normalized spacial score (nSPS) is 18.7. The number of nitrogens with zero attached hydrogens (tertiary/aromatic N) is 4. The molecule has 4 heteroatoms. The zero-order valence-electron chi connectivity index (χ0n) is 13.8. The molecule has 4 rings (SSSR count). The molecule has 4 nitrogen and oxygen atoms in total.